The van der Waals surface area contributed by atoms with Gasteiger partial charge in [-0.1, -0.05) is 31.0 Å². The Morgan fingerprint density at radius 1 is 1.07 bits per heavy atom. The molecule has 2 amide bonds. The molecule has 29 heavy (non-hydrogen) atoms. The molecule has 8 heteroatoms. The second-order valence-electron chi connectivity index (χ2n) is 8.08. The van der Waals surface area contributed by atoms with E-state index in [1.807, 2.05) is 33.8 Å². The Morgan fingerprint density at radius 3 is 2.10 bits per heavy atom. The van der Waals surface area contributed by atoms with Crippen molar-refractivity contribution in [3.8, 4) is 0 Å². The summed E-state index contributed by atoms with van der Waals surface area (Å²) in [7, 11) is 0. The van der Waals surface area contributed by atoms with E-state index in [-0.39, 0.29) is 12.5 Å². The van der Waals surface area contributed by atoms with Gasteiger partial charge in [0.2, 0.25) is 5.91 Å². The zero-order chi connectivity index (χ0) is 21.8. The number of benzene rings is 1. The molecule has 0 bridgehead atoms. The second kappa shape index (κ2) is 9.47. The minimum absolute atomic E-state index is 0.0937. The third kappa shape index (κ3) is 5.85. The highest BCUT2D eigenvalue weighted by Gasteiger charge is 2.54. The van der Waals surface area contributed by atoms with Crippen molar-refractivity contribution in [1.29, 1.82) is 0 Å². The Labute approximate surface area is 170 Å². The van der Waals surface area contributed by atoms with Crippen LogP contribution in [0.15, 0.2) is 18.2 Å². The van der Waals surface area contributed by atoms with Crippen molar-refractivity contribution in [3.05, 3.63) is 34.9 Å². The van der Waals surface area contributed by atoms with Crippen LogP contribution >= 0.6 is 0 Å². The van der Waals surface area contributed by atoms with E-state index in [0.717, 1.165) is 11.1 Å². The highest BCUT2D eigenvalue weighted by Crippen LogP contribution is 2.30. The Hall–Kier alpha value is -2.29. The van der Waals surface area contributed by atoms with Gasteiger partial charge in [0.25, 0.3) is 5.91 Å². The first kappa shape index (κ1) is 23.0. The molecule has 0 spiro atoms. The lowest BCUT2D eigenvalue weighted by atomic mass is 9.92. The lowest BCUT2D eigenvalue weighted by Gasteiger charge is -2.24. The summed E-state index contributed by atoms with van der Waals surface area (Å²) in [6.07, 6.45) is 0.346. The summed E-state index contributed by atoms with van der Waals surface area (Å²) < 4.78 is 5.11. The third-order valence-electron chi connectivity index (χ3n) is 4.83. The summed E-state index contributed by atoms with van der Waals surface area (Å²) in [5.74, 6) is -1.47. The van der Waals surface area contributed by atoms with Crippen LogP contribution in [0.5, 0.6) is 0 Å². The smallest absolute Gasteiger partial charge is 0.252 e. The number of ketones is 1. The van der Waals surface area contributed by atoms with Gasteiger partial charge in [-0.25, -0.2) is 0 Å². The van der Waals surface area contributed by atoms with E-state index < -0.39 is 48.5 Å². The minimum Gasteiger partial charge on any atom is -0.394 e. The second-order valence-corrected chi connectivity index (χ2v) is 8.08. The van der Waals surface area contributed by atoms with Gasteiger partial charge in [-0.05, 0) is 38.3 Å². The SMILES string of the molecule is Cc1cc(C)cc(C(=O)N[C@@H](CO)C(=O)NC(CC(C)C)C(=O)C2(CO)CO2)c1. The van der Waals surface area contributed by atoms with Crippen LogP contribution in [0.25, 0.3) is 0 Å². The largest absolute Gasteiger partial charge is 0.394 e. The van der Waals surface area contributed by atoms with Crippen LogP contribution in [-0.4, -0.2) is 65.3 Å². The number of carbonyl (C=O) groups is 3. The zero-order valence-electron chi connectivity index (χ0n) is 17.3. The summed E-state index contributed by atoms with van der Waals surface area (Å²) in [6.45, 7) is 6.56. The Balaban J connectivity index is 2.09. The number of amides is 2. The molecular weight excluding hydrogens is 376 g/mol. The number of ether oxygens (including phenoxy) is 1. The highest BCUT2D eigenvalue weighted by molar-refractivity contribution is 6.00. The lowest BCUT2D eigenvalue weighted by Crippen LogP contribution is -2.55. The van der Waals surface area contributed by atoms with Crippen LogP contribution in [0.1, 0.15) is 41.8 Å². The van der Waals surface area contributed by atoms with E-state index in [9.17, 15) is 24.6 Å². The maximum absolute atomic E-state index is 12.7. The number of aryl methyl sites for hydroxylation is 2. The molecule has 1 fully saturated rings. The summed E-state index contributed by atoms with van der Waals surface area (Å²) in [5.41, 5.74) is 0.932. The Kier molecular flexibility index (Phi) is 7.51. The molecule has 4 N–H and O–H groups in total. The van der Waals surface area contributed by atoms with Crippen molar-refractivity contribution in [2.75, 3.05) is 19.8 Å². The number of rotatable bonds is 10. The molecule has 160 valence electrons. The van der Waals surface area contributed by atoms with Crippen LogP contribution in [0, 0.1) is 19.8 Å². The number of aliphatic hydroxyl groups excluding tert-OH is 2. The van der Waals surface area contributed by atoms with E-state index in [2.05, 4.69) is 10.6 Å². The van der Waals surface area contributed by atoms with Crippen LogP contribution < -0.4 is 10.6 Å². The van der Waals surface area contributed by atoms with Crippen molar-refractivity contribution in [1.82, 2.24) is 10.6 Å². The first-order valence-electron chi connectivity index (χ1n) is 9.71. The van der Waals surface area contributed by atoms with Crippen molar-refractivity contribution in [3.63, 3.8) is 0 Å². The molecule has 2 unspecified atom stereocenters. The normalized spacial score (nSPS) is 20.1. The number of hydrogen-bond donors (Lipinski definition) is 4. The molecule has 1 aliphatic heterocycles. The van der Waals surface area contributed by atoms with Gasteiger partial charge in [0.05, 0.1) is 25.9 Å². The fraction of sp³-hybridized carbons (Fsp3) is 0.571. The van der Waals surface area contributed by atoms with Crippen molar-refractivity contribution in [2.45, 2.75) is 51.8 Å². The molecular formula is C21H30N2O6. The number of hydrogen-bond acceptors (Lipinski definition) is 6. The summed E-state index contributed by atoms with van der Waals surface area (Å²) in [4.78, 5) is 37.9. The van der Waals surface area contributed by atoms with Crippen LogP contribution in [0.3, 0.4) is 0 Å². The summed E-state index contributed by atoms with van der Waals surface area (Å²) in [5, 5.41) is 24.2. The maximum atomic E-state index is 12.7. The maximum Gasteiger partial charge on any atom is 0.252 e. The van der Waals surface area contributed by atoms with Gasteiger partial charge in [-0.15, -0.1) is 0 Å². The molecule has 8 nitrogen and oxygen atoms in total. The number of epoxide rings is 1. The summed E-state index contributed by atoms with van der Waals surface area (Å²) in [6, 6.07) is 3.21. The third-order valence-corrected chi connectivity index (χ3v) is 4.83. The number of carbonyl (C=O) groups excluding carboxylic acids is 3. The van der Waals surface area contributed by atoms with Crippen LogP contribution in [0.2, 0.25) is 0 Å². The van der Waals surface area contributed by atoms with E-state index in [1.54, 1.807) is 12.1 Å². The summed E-state index contributed by atoms with van der Waals surface area (Å²) >= 11 is 0. The van der Waals surface area contributed by atoms with Crippen molar-refractivity contribution < 1.29 is 29.3 Å². The average Bonchev–Trinajstić information content (AvgIpc) is 3.44. The molecule has 1 saturated heterocycles. The molecule has 1 heterocycles. The molecule has 0 radical (unpaired) electrons. The van der Waals surface area contributed by atoms with E-state index in [1.165, 1.54) is 0 Å². The quantitative estimate of drug-likeness (QED) is 0.413. The van der Waals surface area contributed by atoms with Gasteiger partial charge in [0.15, 0.2) is 11.4 Å². The molecule has 0 aromatic heterocycles. The van der Waals surface area contributed by atoms with Crippen LogP contribution in [0.4, 0.5) is 0 Å². The predicted octanol–water partition coefficient (Wildman–Crippen LogP) is 0.255. The molecule has 0 aliphatic carbocycles. The number of Topliss-reactive ketones (excluding diaryl/α,β-unsaturated/α-hetero) is 1. The molecule has 3 atom stereocenters. The Bertz CT molecular complexity index is 752. The average molecular weight is 406 g/mol. The van der Waals surface area contributed by atoms with Gasteiger partial charge in [-0.3, -0.25) is 14.4 Å². The monoisotopic (exact) mass is 406 g/mol. The predicted molar refractivity (Wildman–Crippen MR) is 106 cm³/mol. The van der Waals surface area contributed by atoms with Gasteiger partial charge in [0, 0.05) is 5.56 Å². The van der Waals surface area contributed by atoms with E-state index >= 15 is 0 Å². The van der Waals surface area contributed by atoms with Crippen LogP contribution in [-0.2, 0) is 14.3 Å². The highest BCUT2D eigenvalue weighted by atomic mass is 16.6. The lowest BCUT2D eigenvalue weighted by molar-refractivity contribution is -0.133. The van der Waals surface area contributed by atoms with Crippen molar-refractivity contribution in [2.24, 2.45) is 5.92 Å². The first-order valence-corrected chi connectivity index (χ1v) is 9.71. The van der Waals surface area contributed by atoms with Gasteiger partial charge < -0.3 is 25.6 Å². The van der Waals surface area contributed by atoms with Crippen molar-refractivity contribution >= 4 is 17.6 Å². The number of nitrogens with one attached hydrogen (secondary N) is 2. The zero-order valence-corrected chi connectivity index (χ0v) is 17.3. The van der Waals surface area contributed by atoms with E-state index in [4.69, 9.17) is 4.74 Å². The minimum atomic E-state index is -1.26. The fourth-order valence-electron chi connectivity index (χ4n) is 3.23. The Morgan fingerprint density at radius 2 is 1.66 bits per heavy atom. The fourth-order valence-corrected chi connectivity index (χ4v) is 3.23. The van der Waals surface area contributed by atoms with Gasteiger partial charge in [-0.2, -0.15) is 0 Å². The molecule has 2 rings (SSSR count). The van der Waals surface area contributed by atoms with Gasteiger partial charge in [0.1, 0.15) is 6.04 Å². The standard InChI is InChI=1S/C21H30N2O6/c1-12(2)5-16(18(26)21(10-25)11-29-21)22-20(28)17(9-24)23-19(27)15-7-13(3)6-14(4)8-15/h6-8,12,16-17,24-25H,5,9-11H2,1-4H3,(H,22,28)(H,23,27)/t16?,17-,21?/m0/s1. The number of aliphatic hydroxyl groups is 2. The van der Waals surface area contributed by atoms with Gasteiger partial charge >= 0.3 is 0 Å². The molecule has 0 saturated carbocycles. The molecule has 1 aromatic carbocycles. The topological polar surface area (TPSA) is 128 Å². The molecule has 1 aliphatic rings. The van der Waals surface area contributed by atoms with E-state index in [0.29, 0.717) is 12.0 Å². The first-order chi connectivity index (χ1) is 13.6. The molecule has 1 aromatic rings.